The summed E-state index contributed by atoms with van der Waals surface area (Å²) in [6.45, 7) is 2.44. The van der Waals surface area contributed by atoms with Gasteiger partial charge in [-0.3, -0.25) is 4.79 Å². The summed E-state index contributed by atoms with van der Waals surface area (Å²) in [6, 6.07) is 15.0. The van der Waals surface area contributed by atoms with Crippen LogP contribution in [0.1, 0.15) is 16.7 Å². The molecule has 2 aromatic rings. The average molecular weight is 285 g/mol. The van der Waals surface area contributed by atoms with Gasteiger partial charge in [-0.2, -0.15) is 0 Å². The maximum absolute atomic E-state index is 11.7. The van der Waals surface area contributed by atoms with E-state index >= 15 is 0 Å². The van der Waals surface area contributed by atoms with Gasteiger partial charge in [0.2, 0.25) is 0 Å². The van der Waals surface area contributed by atoms with Crippen LogP contribution in [0.2, 0.25) is 0 Å². The molecule has 0 radical (unpaired) electrons. The lowest BCUT2D eigenvalue weighted by molar-refractivity contribution is -0.123. The molecule has 0 saturated carbocycles. The summed E-state index contributed by atoms with van der Waals surface area (Å²) in [6.07, 6.45) is 0. The topological polar surface area (TPSA) is 58.6 Å². The molecule has 4 heteroatoms. The molecule has 0 bridgehead atoms. The smallest absolute Gasteiger partial charge is 0.258 e. The fourth-order valence-electron chi connectivity index (χ4n) is 1.87. The van der Waals surface area contributed by atoms with E-state index in [0.29, 0.717) is 12.3 Å². The second kappa shape index (κ2) is 7.45. The predicted octanol–water partition coefficient (Wildman–Crippen LogP) is 2.18. The standard InChI is InChI=1S/C17H19NO3/c1-13-3-2-4-16(9-13)21-12-17(20)18-10-14-5-7-15(11-19)8-6-14/h2-9,19H,10-12H2,1H3,(H,18,20). The number of rotatable bonds is 6. The zero-order chi connectivity index (χ0) is 15.1. The molecule has 0 atom stereocenters. The fraction of sp³-hybridized carbons (Fsp3) is 0.235. The second-order valence-corrected chi connectivity index (χ2v) is 4.86. The summed E-state index contributed by atoms with van der Waals surface area (Å²) >= 11 is 0. The van der Waals surface area contributed by atoms with Crippen LogP contribution in [0.3, 0.4) is 0 Å². The van der Waals surface area contributed by atoms with Crippen LogP contribution in [-0.4, -0.2) is 17.6 Å². The molecule has 4 nitrogen and oxygen atoms in total. The first-order chi connectivity index (χ1) is 10.2. The maximum atomic E-state index is 11.7. The van der Waals surface area contributed by atoms with E-state index in [-0.39, 0.29) is 19.1 Å². The summed E-state index contributed by atoms with van der Waals surface area (Å²) in [5.41, 5.74) is 2.93. The molecule has 1 amide bonds. The van der Waals surface area contributed by atoms with Gasteiger partial charge in [-0.25, -0.2) is 0 Å². The van der Waals surface area contributed by atoms with Crippen molar-refractivity contribution in [2.45, 2.75) is 20.1 Å². The molecule has 2 aromatic carbocycles. The molecule has 0 heterocycles. The third kappa shape index (κ3) is 4.93. The van der Waals surface area contributed by atoms with Crippen LogP contribution in [0.4, 0.5) is 0 Å². The number of carbonyl (C=O) groups excluding carboxylic acids is 1. The molecule has 2 rings (SSSR count). The molecule has 0 fully saturated rings. The van der Waals surface area contributed by atoms with Crippen molar-refractivity contribution in [1.29, 1.82) is 0 Å². The Morgan fingerprint density at radius 3 is 2.52 bits per heavy atom. The van der Waals surface area contributed by atoms with Crippen LogP contribution in [0, 0.1) is 6.92 Å². The lowest BCUT2D eigenvalue weighted by Gasteiger charge is -2.08. The van der Waals surface area contributed by atoms with Crippen molar-refractivity contribution in [1.82, 2.24) is 5.32 Å². The van der Waals surface area contributed by atoms with Crippen LogP contribution in [-0.2, 0) is 17.9 Å². The normalized spacial score (nSPS) is 10.2. The van der Waals surface area contributed by atoms with Gasteiger partial charge in [0.15, 0.2) is 6.61 Å². The third-order valence-corrected chi connectivity index (χ3v) is 3.05. The van der Waals surface area contributed by atoms with Gasteiger partial charge in [0.25, 0.3) is 5.91 Å². The van der Waals surface area contributed by atoms with E-state index in [4.69, 9.17) is 9.84 Å². The molecule has 0 saturated heterocycles. The van der Waals surface area contributed by atoms with Crippen molar-refractivity contribution in [3.05, 3.63) is 65.2 Å². The third-order valence-electron chi connectivity index (χ3n) is 3.05. The molecule has 21 heavy (non-hydrogen) atoms. The first-order valence-electron chi connectivity index (χ1n) is 6.82. The van der Waals surface area contributed by atoms with Gasteiger partial charge >= 0.3 is 0 Å². The Kier molecular flexibility index (Phi) is 5.35. The van der Waals surface area contributed by atoms with E-state index < -0.39 is 0 Å². The van der Waals surface area contributed by atoms with E-state index in [1.165, 1.54) is 0 Å². The minimum absolute atomic E-state index is 0.00181. The minimum Gasteiger partial charge on any atom is -0.484 e. The van der Waals surface area contributed by atoms with Crippen LogP contribution in [0.25, 0.3) is 0 Å². The molecule has 2 N–H and O–H groups in total. The molecule has 0 unspecified atom stereocenters. The Morgan fingerprint density at radius 1 is 1.14 bits per heavy atom. The Balaban J connectivity index is 1.76. The van der Waals surface area contributed by atoms with Crippen molar-refractivity contribution in [2.24, 2.45) is 0 Å². The number of carbonyl (C=O) groups is 1. The summed E-state index contributed by atoms with van der Waals surface area (Å²) in [5.74, 6) is 0.528. The van der Waals surface area contributed by atoms with Gasteiger partial charge < -0.3 is 15.2 Å². The highest BCUT2D eigenvalue weighted by Crippen LogP contribution is 2.12. The molecule has 0 aliphatic heterocycles. The van der Waals surface area contributed by atoms with E-state index in [9.17, 15) is 4.79 Å². The van der Waals surface area contributed by atoms with E-state index in [1.807, 2.05) is 55.5 Å². The molecular formula is C17H19NO3. The highest BCUT2D eigenvalue weighted by atomic mass is 16.5. The quantitative estimate of drug-likeness (QED) is 0.855. The number of amides is 1. The van der Waals surface area contributed by atoms with Crippen molar-refractivity contribution < 1.29 is 14.6 Å². The molecular weight excluding hydrogens is 266 g/mol. The molecule has 0 aliphatic carbocycles. The Hall–Kier alpha value is -2.33. The number of nitrogens with one attached hydrogen (secondary N) is 1. The van der Waals surface area contributed by atoms with Gasteiger partial charge in [-0.15, -0.1) is 0 Å². The largest absolute Gasteiger partial charge is 0.484 e. The van der Waals surface area contributed by atoms with E-state index in [1.54, 1.807) is 0 Å². The monoisotopic (exact) mass is 285 g/mol. The molecule has 0 aromatic heterocycles. The minimum atomic E-state index is -0.164. The number of aliphatic hydroxyl groups excluding tert-OH is 1. The Bertz CT molecular complexity index is 593. The number of hydrogen-bond acceptors (Lipinski definition) is 3. The highest BCUT2D eigenvalue weighted by molar-refractivity contribution is 5.77. The SMILES string of the molecule is Cc1cccc(OCC(=O)NCc2ccc(CO)cc2)c1. The van der Waals surface area contributed by atoms with Gasteiger partial charge in [-0.1, -0.05) is 36.4 Å². The van der Waals surface area contributed by atoms with Gasteiger partial charge in [0.1, 0.15) is 5.75 Å². The number of aliphatic hydroxyl groups is 1. The van der Waals surface area contributed by atoms with Gasteiger partial charge in [0.05, 0.1) is 6.61 Å². The number of aryl methyl sites for hydroxylation is 1. The molecule has 0 spiro atoms. The average Bonchev–Trinajstić information content (AvgIpc) is 2.51. The number of ether oxygens (including phenoxy) is 1. The van der Waals surface area contributed by atoms with Crippen molar-refractivity contribution in [2.75, 3.05) is 6.61 Å². The summed E-state index contributed by atoms with van der Waals surface area (Å²) in [4.78, 5) is 11.7. The van der Waals surface area contributed by atoms with E-state index in [2.05, 4.69) is 5.32 Å². The fourth-order valence-corrected chi connectivity index (χ4v) is 1.87. The van der Waals surface area contributed by atoms with Crippen LogP contribution in [0.5, 0.6) is 5.75 Å². The first kappa shape index (κ1) is 15.1. The van der Waals surface area contributed by atoms with Gasteiger partial charge in [-0.05, 0) is 35.7 Å². The maximum Gasteiger partial charge on any atom is 0.258 e. The Morgan fingerprint density at radius 2 is 1.86 bits per heavy atom. The number of benzene rings is 2. The Labute approximate surface area is 124 Å². The van der Waals surface area contributed by atoms with Crippen molar-refractivity contribution >= 4 is 5.91 Å². The zero-order valence-corrected chi connectivity index (χ0v) is 12.0. The van der Waals surface area contributed by atoms with Crippen molar-refractivity contribution in [3.8, 4) is 5.75 Å². The molecule has 0 aliphatic rings. The van der Waals surface area contributed by atoms with Crippen LogP contribution in [0.15, 0.2) is 48.5 Å². The first-order valence-corrected chi connectivity index (χ1v) is 6.82. The van der Waals surface area contributed by atoms with Crippen LogP contribution < -0.4 is 10.1 Å². The van der Waals surface area contributed by atoms with E-state index in [0.717, 1.165) is 16.7 Å². The van der Waals surface area contributed by atoms with Gasteiger partial charge in [0, 0.05) is 6.54 Å². The summed E-state index contributed by atoms with van der Waals surface area (Å²) in [7, 11) is 0. The molecule has 110 valence electrons. The highest BCUT2D eigenvalue weighted by Gasteiger charge is 2.03. The lowest BCUT2D eigenvalue weighted by Crippen LogP contribution is -2.28. The predicted molar refractivity (Wildman–Crippen MR) is 80.9 cm³/mol. The zero-order valence-electron chi connectivity index (χ0n) is 12.0. The van der Waals surface area contributed by atoms with Crippen molar-refractivity contribution in [3.63, 3.8) is 0 Å². The van der Waals surface area contributed by atoms with Crippen LogP contribution >= 0.6 is 0 Å². The summed E-state index contributed by atoms with van der Waals surface area (Å²) in [5, 5.41) is 11.8. The lowest BCUT2D eigenvalue weighted by atomic mass is 10.1. The second-order valence-electron chi connectivity index (χ2n) is 4.86. The summed E-state index contributed by atoms with van der Waals surface area (Å²) < 4.78 is 5.43. The number of hydrogen-bond donors (Lipinski definition) is 2.